The second-order valence-electron chi connectivity index (χ2n) is 6.34. The zero-order valence-electron chi connectivity index (χ0n) is 15.4. The minimum absolute atomic E-state index is 0.0160. The highest BCUT2D eigenvalue weighted by Crippen LogP contribution is 2.32. The van der Waals surface area contributed by atoms with E-state index in [1.807, 2.05) is 66.7 Å². The summed E-state index contributed by atoms with van der Waals surface area (Å²) in [5, 5.41) is 11.2. The van der Waals surface area contributed by atoms with E-state index < -0.39 is 0 Å². The van der Waals surface area contributed by atoms with Crippen molar-refractivity contribution in [3.05, 3.63) is 82.3 Å². The van der Waals surface area contributed by atoms with Crippen LogP contribution in [0.1, 0.15) is 5.56 Å². The molecule has 148 valence electrons. The molecule has 1 heterocycles. The van der Waals surface area contributed by atoms with Gasteiger partial charge in [-0.05, 0) is 60.2 Å². The molecule has 0 unspecified atom stereocenters. The summed E-state index contributed by atoms with van der Waals surface area (Å²) in [6.45, 7) is 0.253. The Morgan fingerprint density at radius 3 is 2.38 bits per heavy atom. The molecule has 0 aliphatic rings. The van der Waals surface area contributed by atoms with E-state index in [2.05, 4.69) is 4.57 Å². The van der Waals surface area contributed by atoms with Gasteiger partial charge in [-0.15, -0.1) is 0 Å². The molecule has 0 spiro atoms. The molecule has 0 saturated carbocycles. The molecule has 1 N–H and O–H groups in total. The standard InChI is InChI=1S/C22H18Cl2N2O2S/c23-16-3-1-15(2-4-16)14-29-22-25-20-10-5-17(24)13-21(20)26(22)18-6-8-19(9-7-18)28-12-11-27/h1-10,13,27H,11-12,14H2. The maximum absolute atomic E-state index is 8.92. The van der Waals surface area contributed by atoms with Gasteiger partial charge in [0.05, 0.1) is 17.6 Å². The lowest BCUT2D eigenvalue weighted by molar-refractivity contribution is 0.201. The van der Waals surface area contributed by atoms with Crippen LogP contribution in [0.25, 0.3) is 16.7 Å². The number of hydrogen-bond acceptors (Lipinski definition) is 4. The van der Waals surface area contributed by atoms with E-state index in [4.69, 9.17) is 38.0 Å². The van der Waals surface area contributed by atoms with Crippen molar-refractivity contribution in [3.63, 3.8) is 0 Å². The molecule has 29 heavy (non-hydrogen) atoms. The lowest BCUT2D eigenvalue weighted by Gasteiger charge is -2.11. The molecule has 0 aliphatic heterocycles. The molecule has 4 aromatic rings. The molecule has 0 saturated heterocycles. The molecule has 4 nitrogen and oxygen atoms in total. The first kappa shape index (κ1) is 20.1. The van der Waals surface area contributed by atoms with E-state index in [0.29, 0.717) is 10.8 Å². The molecule has 0 atom stereocenters. The first-order valence-corrected chi connectivity index (χ1v) is 10.8. The van der Waals surface area contributed by atoms with Gasteiger partial charge in [0.1, 0.15) is 12.4 Å². The van der Waals surface area contributed by atoms with Crippen molar-refractivity contribution < 1.29 is 9.84 Å². The number of halogens is 2. The van der Waals surface area contributed by atoms with Gasteiger partial charge in [-0.2, -0.15) is 0 Å². The van der Waals surface area contributed by atoms with Gasteiger partial charge in [0.15, 0.2) is 5.16 Å². The zero-order chi connectivity index (χ0) is 20.2. The SMILES string of the molecule is OCCOc1ccc(-n2c(SCc3ccc(Cl)cc3)nc3ccc(Cl)cc32)cc1. The third-order valence-corrected chi connectivity index (χ3v) is 5.82. The number of ether oxygens (including phenoxy) is 1. The monoisotopic (exact) mass is 444 g/mol. The molecule has 7 heteroatoms. The van der Waals surface area contributed by atoms with Crippen molar-refractivity contribution >= 4 is 46.0 Å². The fourth-order valence-electron chi connectivity index (χ4n) is 2.96. The van der Waals surface area contributed by atoms with Crippen LogP contribution in [0.5, 0.6) is 5.75 Å². The van der Waals surface area contributed by atoms with Crippen LogP contribution in [0.15, 0.2) is 71.9 Å². The van der Waals surface area contributed by atoms with Crippen molar-refractivity contribution in [2.75, 3.05) is 13.2 Å². The van der Waals surface area contributed by atoms with Gasteiger partial charge in [-0.25, -0.2) is 4.98 Å². The highest BCUT2D eigenvalue weighted by atomic mass is 35.5. The summed E-state index contributed by atoms with van der Waals surface area (Å²) in [6.07, 6.45) is 0. The molecule has 0 fully saturated rings. The molecule has 0 amide bonds. The first-order valence-electron chi connectivity index (χ1n) is 9.03. The zero-order valence-corrected chi connectivity index (χ0v) is 17.7. The van der Waals surface area contributed by atoms with Crippen LogP contribution in [-0.4, -0.2) is 27.9 Å². The lowest BCUT2D eigenvalue weighted by atomic mass is 10.2. The average molecular weight is 445 g/mol. The summed E-state index contributed by atoms with van der Waals surface area (Å²) in [5.41, 5.74) is 3.96. The Morgan fingerprint density at radius 1 is 0.931 bits per heavy atom. The number of hydrogen-bond donors (Lipinski definition) is 1. The van der Waals surface area contributed by atoms with E-state index in [0.717, 1.165) is 32.7 Å². The molecule has 0 aliphatic carbocycles. The smallest absolute Gasteiger partial charge is 0.174 e. The average Bonchev–Trinajstić information content (AvgIpc) is 3.09. The number of thioether (sulfide) groups is 1. The van der Waals surface area contributed by atoms with Crippen molar-refractivity contribution in [2.24, 2.45) is 0 Å². The van der Waals surface area contributed by atoms with Gasteiger partial charge in [-0.3, -0.25) is 4.57 Å². The number of aromatic nitrogens is 2. The van der Waals surface area contributed by atoms with Gasteiger partial charge in [0.25, 0.3) is 0 Å². The third-order valence-electron chi connectivity index (χ3n) is 4.32. The van der Waals surface area contributed by atoms with Crippen molar-refractivity contribution in [3.8, 4) is 11.4 Å². The second kappa shape index (κ2) is 9.09. The first-order chi connectivity index (χ1) is 14.1. The molecule has 0 bridgehead atoms. The predicted octanol–water partition coefficient (Wildman–Crippen LogP) is 6.00. The third kappa shape index (κ3) is 4.70. The van der Waals surface area contributed by atoms with E-state index in [1.54, 1.807) is 11.8 Å². The fourth-order valence-corrected chi connectivity index (χ4v) is 4.23. The Hall–Kier alpha value is -2.18. The number of imidazole rings is 1. The topological polar surface area (TPSA) is 47.3 Å². The Balaban J connectivity index is 1.69. The van der Waals surface area contributed by atoms with Crippen molar-refractivity contribution in [2.45, 2.75) is 10.9 Å². The minimum Gasteiger partial charge on any atom is -0.491 e. The van der Waals surface area contributed by atoms with E-state index in [9.17, 15) is 0 Å². The molecule has 0 radical (unpaired) electrons. The number of nitrogens with zero attached hydrogens (tertiary/aromatic N) is 2. The Labute approximate surface area is 183 Å². The predicted molar refractivity (Wildman–Crippen MR) is 120 cm³/mol. The maximum atomic E-state index is 8.92. The van der Waals surface area contributed by atoms with Crippen molar-refractivity contribution in [1.29, 1.82) is 0 Å². The largest absolute Gasteiger partial charge is 0.491 e. The molecular weight excluding hydrogens is 427 g/mol. The van der Waals surface area contributed by atoms with Crippen LogP contribution < -0.4 is 4.74 Å². The highest BCUT2D eigenvalue weighted by molar-refractivity contribution is 7.98. The molecule has 1 aromatic heterocycles. The van der Waals surface area contributed by atoms with Gasteiger partial charge in [0.2, 0.25) is 0 Å². The lowest BCUT2D eigenvalue weighted by Crippen LogP contribution is -2.02. The van der Waals surface area contributed by atoms with Crippen LogP contribution in [-0.2, 0) is 5.75 Å². The van der Waals surface area contributed by atoms with Crippen LogP contribution in [0, 0.1) is 0 Å². The number of benzene rings is 3. The summed E-state index contributed by atoms with van der Waals surface area (Å²) < 4.78 is 7.56. The van der Waals surface area contributed by atoms with Crippen molar-refractivity contribution in [1.82, 2.24) is 9.55 Å². The van der Waals surface area contributed by atoms with Crippen LogP contribution in [0.4, 0.5) is 0 Å². The second-order valence-corrected chi connectivity index (χ2v) is 8.16. The van der Waals surface area contributed by atoms with E-state index in [-0.39, 0.29) is 13.2 Å². The summed E-state index contributed by atoms with van der Waals surface area (Å²) in [6, 6.07) is 21.2. The number of fused-ring (bicyclic) bond motifs is 1. The summed E-state index contributed by atoms with van der Waals surface area (Å²) in [7, 11) is 0. The van der Waals surface area contributed by atoms with Gasteiger partial charge in [0, 0.05) is 21.5 Å². The van der Waals surface area contributed by atoms with E-state index in [1.165, 1.54) is 5.56 Å². The van der Waals surface area contributed by atoms with Crippen LogP contribution in [0.3, 0.4) is 0 Å². The molecular formula is C22H18Cl2N2O2S. The number of rotatable bonds is 7. The Bertz CT molecular complexity index is 1110. The van der Waals surface area contributed by atoms with Crippen LogP contribution >= 0.6 is 35.0 Å². The quantitative estimate of drug-likeness (QED) is 0.355. The van der Waals surface area contributed by atoms with Gasteiger partial charge < -0.3 is 9.84 Å². The number of aliphatic hydroxyl groups excluding tert-OH is 1. The Morgan fingerprint density at radius 2 is 1.66 bits per heavy atom. The Kier molecular flexibility index (Phi) is 6.31. The fraction of sp³-hybridized carbons (Fsp3) is 0.136. The molecule has 4 rings (SSSR count). The van der Waals surface area contributed by atoms with Gasteiger partial charge in [-0.1, -0.05) is 47.1 Å². The normalized spacial score (nSPS) is 11.1. The van der Waals surface area contributed by atoms with Crippen LogP contribution in [0.2, 0.25) is 10.0 Å². The summed E-state index contributed by atoms with van der Waals surface area (Å²) in [4.78, 5) is 4.81. The van der Waals surface area contributed by atoms with E-state index >= 15 is 0 Å². The highest BCUT2D eigenvalue weighted by Gasteiger charge is 2.14. The summed E-state index contributed by atoms with van der Waals surface area (Å²) in [5.74, 6) is 1.48. The summed E-state index contributed by atoms with van der Waals surface area (Å²) >= 11 is 13.9. The molecule has 3 aromatic carbocycles. The maximum Gasteiger partial charge on any atom is 0.174 e. The minimum atomic E-state index is -0.0160. The van der Waals surface area contributed by atoms with Gasteiger partial charge >= 0.3 is 0 Å². The number of aliphatic hydroxyl groups is 1.